The molecule has 1 aromatic heterocycles. The number of aromatic nitrogens is 1. The van der Waals surface area contributed by atoms with Gasteiger partial charge in [-0.1, -0.05) is 0 Å². The van der Waals surface area contributed by atoms with Crippen LogP contribution in [0.5, 0.6) is 0 Å². The van der Waals surface area contributed by atoms with Gasteiger partial charge in [0.25, 0.3) is 0 Å². The number of hydrogen-bond donors (Lipinski definition) is 1. The van der Waals surface area contributed by atoms with Crippen molar-refractivity contribution in [2.24, 2.45) is 7.05 Å². The highest BCUT2D eigenvalue weighted by atomic mass is 15.0. The van der Waals surface area contributed by atoms with Gasteiger partial charge in [0, 0.05) is 11.6 Å². The van der Waals surface area contributed by atoms with Gasteiger partial charge in [-0.25, -0.2) is 4.57 Å². The molecule has 1 aliphatic rings. The van der Waals surface area contributed by atoms with Gasteiger partial charge in [-0.2, -0.15) is 0 Å². The van der Waals surface area contributed by atoms with Crippen LogP contribution in [0.3, 0.4) is 0 Å². The zero-order valence-electron chi connectivity index (χ0n) is 8.38. The molecule has 0 aromatic carbocycles. The van der Waals surface area contributed by atoms with Crippen LogP contribution in [0.25, 0.3) is 0 Å². The maximum atomic E-state index is 3.38. The molecule has 0 radical (unpaired) electrons. The highest BCUT2D eigenvalue weighted by Gasteiger charge is 2.26. The van der Waals surface area contributed by atoms with E-state index in [1.807, 2.05) is 7.05 Å². The highest BCUT2D eigenvalue weighted by Crippen LogP contribution is 2.25. The number of pyridine rings is 1. The van der Waals surface area contributed by atoms with Gasteiger partial charge in [-0.15, -0.1) is 0 Å². The van der Waals surface area contributed by atoms with E-state index in [2.05, 4.69) is 35.3 Å². The standard InChI is InChI=1S/C11H17N2/c1-12-10-7-3-5-9-6-4-8-13(2)11(9)10/h4,6,8,10,12H,3,5,7H2,1-2H3/q+1. The first-order chi connectivity index (χ1) is 6.33. The van der Waals surface area contributed by atoms with Gasteiger partial charge in [0.2, 0.25) is 5.69 Å². The van der Waals surface area contributed by atoms with Crippen LogP contribution >= 0.6 is 0 Å². The zero-order chi connectivity index (χ0) is 9.26. The summed E-state index contributed by atoms with van der Waals surface area (Å²) >= 11 is 0. The number of rotatable bonds is 1. The summed E-state index contributed by atoms with van der Waals surface area (Å²) in [6, 6.07) is 4.94. The summed E-state index contributed by atoms with van der Waals surface area (Å²) in [6.07, 6.45) is 5.94. The second kappa shape index (κ2) is 3.46. The minimum absolute atomic E-state index is 0.551. The molecule has 1 atom stereocenters. The summed E-state index contributed by atoms with van der Waals surface area (Å²) in [6.45, 7) is 0. The van der Waals surface area contributed by atoms with Crippen molar-refractivity contribution in [1.82, 2.24) is 5.32 Å². The molecule has 2 nitrogen and oxygen atoms in total. The number of aryl methyl sites for hydroxylation is 2. The lowest BCUT2D eigenvalue weighted by Gasteiger charge is -2.21. The van der Waals surface area contributed by atoms with Gasteiger partial charge in [0.05, 0.1) is 6.04 Å². The van der Waals surface area contributed by atoms with Crippen LogP contribution in [0.2, 0.25) is 0 Å². The van der Waals surface area contributed by atoms with Gasteiger partial charge >= 0.3 is 0 Å². The van der Waals surface area contributed by atoms with Crippen molar-refractivity contribution >= 4 is 0 Å². The molecule has 0 aliphatic heterocycles. The largest absolute Gasteiger partial charge is 0.308 e. The van der Waals surface area contributed by atoms with E-state index in [0.29, 0.717) is 6.04 Å². The fourth-order valence-electron chi connectivity index (χ4n) is 2.28. The van der Waals surface area contributed by atoms with Crippen LogP contribution in [-0.4, -0.2) is 7.05 Å². The Morgan fingerprint density at radius 2 is 2.38 bits per heavy atom. The average Bonchev–Trinajstić information content (AvgIpc) is 2.17. The summed E-state index contributed by atoms with van der Waals surface area (Å²) in [4.78, 5) is 0. The molecule has 0 saturated heterocycles. The third-order valence-corrected chi connectivity index (χ3v) is 2.93. The predicted molar refractivity (Wildman–Crippen MR) is 52.4 cm³/mol. The van der Waals surface area contributed by atoms with E-state index in [4.69, 9.17) is 0 Å². The topological polar surface area (TPSA) is 15.9 Å². The highest BCUT2D eigenvalue weighted by molar-refractivity contribution is 5.21. The second-order valence-electron chi connectivity index (χ2n) is 3.76. The summed E-state index contributed by atoms with van der Waals surface area (Å²) in [5.41, 5.74) is 2.98. The number of fused-ring (bicyclic) bond motifs is 1. The fraction of sp³-hybridized carbons (Fsp3) is 0.545. The van der Waals surface area contributed by atoms with Gasteiger partial charge in [-0.05, 0) is 32.4 Å². The van der Waals surface area contributed by atoms with Crippen molar-refractivity contribution in [3.8, 4) is 0 Å². The molecule has 70 valence electrons. The molecule has 2 heteroatoms. The molecule has 2 rings (SSSR count). The predicted octanol–water partition coefficient (Wildman–Crippen LogP) is 1.11. The van der Waals surface area contributed by atoms with E-state index in [9.17, 15) is 0 Å². The van der Waals surface area contributed by atoms with E-state index in [0.717, 1.165) is 0 Å². The Bertz CT molecular complexity index is 307. The molecule has 1 heterocycles. The maximum Gasteiger partial charge on any atom is 0.201 e. The smallest absolute Gasteiger partial charge is 0.201 e. The molecule has 1 N–H and O–H groups in total. The van der Waals surface area contributed by atoms with Crippen LogP contribution in [0.4, 0.5) is 0 Å². The number of nitrogens with one attached hydrogen (secondary N) is 1. The lowest BCUT2D eigenvalue weighted by atomic mass is 9.92. The van der Waals surface area contributed by atoms with Crippen molar-refractivity contribution < 1.29 is 4.57 Å². The summed E-state index contributed by atoms with van der Waals surface area (Å²) in [5.74, 6) is 0. The quantitative estimate of drug-likeness (QED) is 0.635. The number of nitrogens with zero attached hydrogens (tertiary/aromatic N) is 1. The third kappa shape index (κ3) is 1.46. The second-order valence-corrected chi connectivity index (χ2v) is 3.76. The fourth-order valence-corrected chi connectivity index (χ4v) is 2.28. The Morgan fingerprint density at radius 3 is 3.15 bits per heavy atom. The monoisotopic (exact) mass is 177 g/mol. The Hall–Kier alpha value is -0.890. The molecular weight excluding hydrogens is 160 g/mol. The van der Waals surface area contributed by atoms with E-state index < -0.39 is 0 Å². The Balaban J connectivity index is 2.47. The number of hydrogen-bond acceptors (Lipinski definition) is 1. The molecule has 1 unspecified atom stereocenters. The van der Waals surface area contributed by atoms with Crippen LogP contribution in [-0.2, 0) is 13.5 Å². The van der Waals surface area contributed by atoms with Crippen molar-refractivity contribution in [2.45, 2.75) is 25.3 Å². The first-order valence-electron chi connectivity index (χ1n) is 4.97. The first kappa shape index (κ1) is 8.70. The van der Waals surface area contributed by atoms with Gasteiger partial charge < -0.3 is 5.32 Å². The van der Waals surface area contributed by atoms with Gasteiger partial charge in [0.15, 0.2) is 6.20 Å². The molecule has 13 heavy (non-hydrogen) atoms. The average molecular weight is 177 g/mol. The SMILES string of the molecule is CNC1CCCc2ccc[n+](C)c21. The van der Waals surface area contributed by atoms with Crippen molar-refractivity contribution in [3.05, 3.63) is 29.6 Å². The first-order valence-corrected chi connectivity index (χ1v) is 4.97. The molecule has 0 bridgehead atoms. The van der Waals surface area contributed by atoms with Crippen LogP contribution in [0.1, 0.15) is 30.1 Å². The third-order valence-electron chi connectivity index (χ3n) is 2.93. The van der Waals surface area contributed by atoms with Crippen LogP contribution in [0, 0.1) is 0 Å². The van der Waals surface area contributed by atoms with Crippen molar-refractivity contribution in [1.29, 1.82) is 0 Å². The molecular formula is C11H17N2+. The van der Waals surface area contributed by atoms with E-state index in [-0.39, 0.29) is 0 Å². The Morgan fingerprint density at radius 1 is 1.54 bits per heavy atom. The molecule has 1 aliphatic carbocycles. The van der Waals surface area contributed by atoms with Crippen LogP contribution < -0.4 is 9.88 Å². The van der Waals surface area contributed by atoms with Gasteiger partial charge in [0.1, 0.15) is 7.05 Å². The normalized spacial score (nSPS) is 21.2. The van der Waals surface area contributed by atoms with Crippen molar-refractivity contribution in [3.63, 3.8) is 0 Å². The summed E-state index contributed by atoms with van der Waals surface area (Å²) in [7, 11) is 4.18. The lowest BCUT2D eigenvalue weighted by molar-refractivity contribution is -0.681. The summed E-state index contributed by atoms with van der Waals surface area (Å²) < 4.78 is 2.25. The molecule has 0 spiro atoms. The minimum atomic E-state index is 0.551. The van der Waals surface area contributed by atoms with Crippen LogP contribution in [0.15, 0.2) is 18.3 Å². The van der Waals surface area contributed by atoms with Crippen molar-refractivity contribution in [2.75, 3.05) is 7.05 Å². The lowest BCUT2D eigenvalue weighted by Crippen LogP contribution is -2.40. The Kier molecular flexibility index (Phi) is 2.32. The van der Waals surface area contributed by atoms with E-state index >= 15 is 0 Å². The van der Waals surface area contributed by atoms with Gasteiger partial charge in [-0.3, -0.25) is 0 Å². The summed E-state index contributed by atoms with van der Waals surface area (Å²) in [5, 5.41) is 3.38. The molecule has 0 saturated carbocycles. The molecule has 0 amide bonds. The van der Waals surface area contributed by atoms with E-state index in [1.54, 1.807) is 0 Å². The van der Waals surface area contributed by atoms with E-state index in [1.165, 1.54) is 30.5 Å². The maximum absolute atomic E-state index is 3.38. The Labute approximate surface area is 79.6 Å². The molecule has 0 fully saturated rings. The minimum Gasteiger partial charge on any atom is -0.308 e. The molecule has 1 aromatic rings. The zero-order valence-corrected chi connectivity index (χ0v) is 8.38.